The van der Waals surface area contributed by atoms with Crippen molar-refractivity contribution in [2.75, 3.05) is 271 Å². The van der Waals surface area contributed by atoms with E-state index < -0.39 is 6.04 Å². The number of nitriles is 1. The summed E-state index contributed by atoms with van der Waals surface area (Å²) in [5, 5.41) is 25.5. The minimum Gasteiger partial charge on any atom is -0.379 e. The van der Waals surface area contributed by atoms with Crippen molar-refractivity contribution in [1.82, 2.24) is 30.9 Å². The van der Waals surface area contributed by atoms with Gasteiger partial charge in [-0.25, -0.2) is 4.68 Å². The Labute approximate surface area is 524 Å². The molecule has 0 fully saturated rings. The van der Waals surface area contributed by atoms with E-state index in [9.17, 15) is 14.4 Å². The Bertz CT molecular complexity index is 1890. The normalized spacial score (nSPS) is 11.4. The Kier molecular flexibility index (Phi) is 57.5. The average molecular weight is 1280 g/mol. The van der Waals surface area contributed by atoms with Gasteiger partial charge in [0.05, 0.1) is 275 Å². The Morgan fingerprint density at radius 2 is 0.697 bits per heavy atom. The number of aromatic nitrogens is 3. The summed E-state index contributed by atoms with van der Waals surface area (Å²) < 4.78 is 106. The fourth-order valence-electron chi connectivity index (χ4n) is 7.00. The van der Waals surface area contributed by atoms with Crippen LogP contribution in [0.3, 0.4) is 0 Å². The summed E-state index contributed by atoms with van der Waals surface area (Å²) in [6.45, 7) is 16.5. The zero-order valence-electron chi connectivity index (χ0n) is 52.2. The molecule has 3 amide bonds. The Hall–Kier alpha value is -4.58. The van der Waals surface area contributed by atoms with Gasteiger partial charge in [0.25, 0.3) is 0 Å². The number of carbonyl (C=O) groups excluding carboxylic acids is 3. The van der Waals surface area contributed by atoms with Gasteiger partial charge in [0, 0.05) is 51.5 Å². The van der Waals surface area contributed by atoms with Gasteiger partial charge in [-0.05, 0) is 24.3 Å². The summed E-state index contributed by atoms with van der Waals surface area (Å²) in [4.78, 5) is 38.9. The van der Waals surface area contributed by atoms with Crippen molar-refractivity contribution in [2.24, 2.45) is 11.5 Å². The van der Waals surface area contributed by atoms with E-state index >= 15 is 0 Å². The molecule has 0 saturated carbocycles. The smallest absolute Gasteiger partial charge is 0.222 e. The van der Waals surface area contributed by atoms with Gasteiger partial charge in [-0.1, -0.05) is 5.21 Å². The summed E-state index contributed by atoms with van der Waals surface area (Å²) in [5.41, 5.74) is 12.8. The monoisotopic (exact) mass is 1280 g/mol. The van der Waals surface area contributed by atoms with Crippen LogP contribution in [0.1, 0.15) is 30.5 Å². The molecule has 1 aromatic heterocycles. The fraction of sp³-hybridized carbons (Fsp3) is 0.793. The highest BCUT2D eigenvalue weighted by molar-refractivity contribution is 5.83. The van der Waals surface area contributed by atoms with E-state index in [2.05, 4.69) is 32.3 Å². The summed E-state index contributed by atoms with van der Waals surface area (Å²) in [5.74, 6) is -1.11. The van der Waals surface area contributed by atoms with Crippen LogP contribution in [-0.4, -0.2) is 309 Å². The second-order valence-corrected chi connectivity index (χ2v) is 18.6. The third-order valence-corrected chi connectivity index (χ3v) is 11.4. The number of ether oxygens (including phenoxy) is 19. The van der Waals surface area contributed by atoms with Crippen LogP contribution in [0.4, 0.5) is 0 Å². The number of nitrogens with one attached hydrogen (secondary N) is 3. The maximum Gasteiger partial charge on any atom is 0.222 e. The Morgan fingerprint density at radius 3 is 1.01 bits per heavy atom. The van der Waals surface area contributed by atoms with Crippen molar-refractivity contribution in [3.63, 3.8) is 0 Å². The van der Waals surface area contributed by atoms with Gasteiger partial charge in [0.1, 0.15) is 5.69 Å². The minimum atomic E-state index is -0.788. The van der Waals surface area contributed by atoms with Crippen molar-refractivity contribution in [3.05, 3.63) is 41.7 Å². The van der Waals surface area contributed by atoms with Crippen LogP contribution in [0.25, 0.3) is 5.69 Å². The molecular formula is C58H103N9O22. The zero-order chi connectivity index (χ0) is 63.7. The van der Waals surface area contributed by atoms with E-state index in [0.29, 0.717) is 242 Å². The molecule has 1 aromatic carbocycles. The molecule has 7 N–H and O–H groups in total. The molecule has 2 aromatic rings. The lowest BCUT2D eigenvalue weighted by Crippen LogP contribution is -2.43. The van der Waals surface area contributed by atoms with Crippen molar-refractivity contribution in [3.8, 4) is 11.8 Å². The lowest BCUT2D eigenvalue weighted by Gasteiger charge is -2.18. The van der Waals surface area contributed by atoms with Crippen LogP contribution in [0.15, 0.2) is 30.5 Å². The molecule has 0 bridgehead atoms. The molecule has 1 heterocycles. The van der Waals surface area contributed by atoms with E-state index in [1.807, 2.05) is 0 Å². The first-order valence-corrected chi connectivity index (χ1v) is 30.6. The molecule has 0 aliphatic rings. The summed E-state index contributed by atoms with van der Waals surface area (Å²) >= 11 is 0. The summed E-state index contributed by atoms with van der Waals surface area (Å²) in [6.07, 6.45) is 1.49. The Morgan fingerprint density at radius 1 is 0.404 bits per heavy atom. The predicted octanol–water partition coefficient (Wildman–Crippen LogP) is -1.24. The number of nitrogens with zero attached hydrogens (tertiary/aromatic N) is 4. The molecule has 0 unspecified atom stereocenters. The van der Waals surface area contributed by atoms with Crippen LogP contribution in [-0.2, 0) is 111 Å². The molecule has 0 aliphatic heterocycles. The molecule has 0 saturated heterocycles. The van der Waals surface area contributed by atoms with Gasteiger partial charge in [-0.2, -0.15) is 5.26 Å². The van der Waals surface area contributed by atoms with Crippen molar-refractivity contribution < 1.29 is 104 Å². The maximum atomic E-state index is 13.0. The van der Waals surface area contributed by atoms with Crippen molar-refractivity contribution >= 4 is 17.7 Å². The molecule has 0 spiro atoms. The van der Waals surface area contributed by atoms with Crippen LogP contribution in [0.2, 0.25) is 0 Å². The van der Waals surface area contributed by atoms with Crippen LogP contribution in [0.5, 0.6) is 0 Å². The predicted molar refractivity (Wildman–Crippen MR) is 320 cm³/mol. The molecule has 512 valence electrons. The molecular weight excluding hydrogens is 1170 g/mol. The first kappa shape index (κ1) is 80.5. The van der Waals surface area contributed by atoms with E-state index in [4.69, 9.17) is 107 Å². The van der Waals surface area contributed by atoms with Gasteiger partial charge in [0.2, 0.25) is 17.7 Å². The molecule has 31 nitrogen and oxygen atoms in total. The van der Waals surface area contributed by atoms with Crippen LogP contribution >= 0.6 is 0 Å². The number of hydrogen-bond donors (Lipinski definition) is 5. The molecule has 0 radical (unpaired) electrons. The van der Waals surface area contributed by atoms with Crippen LogP contribution < -0.4 is 27.4 Å². The molecule has 0 aliphatic carbocycles. The molecule has 2 rings (SSSR count). The first-order valence-electron chi connectivity index (χ1n) is 30.6. The lowest BCUT2D eigenvalue weighted by atomic mass is 10.1. The first-order chi connectivity index (χ1) is 43.9. The Balaban J connectivity index is 1.53. The zero-order valence-corrected chi connectivity index (χ0v) is 52.2. The highest BCUT2D eigenvalue weighted by atomic mass is 16.6. The van der Waals surface area contributed by atoms with Gasteiger partial charge in [0.15, 0.2) is 0 Å². The fourth-order valence-corrected chi connectivity index (χ4v) is 7.00. The SMILES string of the molecule is N#Cc1ccc(-n2cc(COCCOCCOCCOCCOCCC(=O)NC(CC(=O)NCCOCCOCCOCCOCCOCCOCCOCCN)CC(=O)NCCOCCOCCOCCOCCOCCOCCOCCN)nn2)cc1. The number of benzene rings is 1. The standard InChI is InChI=1S/C58H103N9O22/c59-6-11-72-16-21-77-26-31-81-35-39-85-41-37-83-33-28-79-23-18-74-13-8-62-57(69)47-53(48-58(70)63-9-14-75-19-24-80-29-34-84-38-42-86-40-36-82-32-27-78-22-17-73-12-7-60)64-56(68)5-10-71-15-20-76-25-30-87-43-44-88-45-46-89-51-54-50-67(66-65-54)55-3-1-52(49-61)2-4-55/h1-4,50,53H,5-48,51,59-60H2,(H,62,69)(H,63,70)(H,64,68). The van der Waals surface area contributed by atoms with E-state index in [-0.39, 0.29) is 83.1 Å². The van der Waals surface area contributed by atoms with Crippen molar-refractivity contribution in [2.45, 2.75) is 31.9 Å². The topological polar surface area (TPSA) is 369 Å². The highest BCUT2D eigenvalue weighted by Crippen LogP contribution is 2.09. The van der Waals surface area contributed by atoms with E-state index in [1.165, 1.54) is 0 Å². The van der Waals surface area contributed by atoms with Gasteiger partial charge in [-0.3, -0.25) is 14.4 Å². The second-order valence-electron chi connectivity index (χ2n) is 18.6. The number of hydrogen-bond acceptors (Lipinski definition) is 27. The second kappa shape index (κ2) is 63.6. The quantitative estimate of drug-likeness (QED) is 0.0484. The highest BCUT2D eigenvalue weighted by Gasteiger charge is 2.20. The third kappa shape index (κ3) is 53.8. The lowest BCUT2D eigenvalue weighted by molar-refractivity contribution is -0.126. The van der Waals surface area contributed by atoms with Crippen LogP contribution in [0, 0.1) is 11.3 Å². The van der Waals surface area contributed by atoms with Crippen molar-refractivity contribution in [1.29, 1.82) is 5.26 Å². The number of amides is 3. The van der Waals surface area contributed by atoms with Gasteiger partial charge in [-0.15, -0.1) is 5.10 Å². The third-order valence-electron chi connectivity index (χ3n) is 11.4. The number of nitrogens with two attached hydrogens (primary N) is 2. The minimum absolute atomic E-state index is 0.00508. The van der Waals surface area contributed by atoms with Gasteiger partial charge >= 0.3 is 0 Å². The average Bonchev–Trinajstić information content (AvgIpc) is 3.80. The number of carbonyl (C=O) groups is 3. The summed E-state index contributed by atoms with van der Waals surface area (Å²) in [7, 11) is 0. The van der Waals surface area contributed by atoms with Gasteiger partial charge < -0.3 is 117 Å². The number of rotatable bonds is 69. The molecule has 89 heavy (non-hydrogen) atoms. The molecule has 31 heteroatoms. The molecule has 0 atom stereocenters. The largest absolute Gasteiger partial charge is 0.379 e. The van der Waals surface area contributed by atoms with E-state index in [0.717, 1.165) is 5.69 Å². The maximum absolute atomic E-state index is 13.0. The summed E-state index contributed by atoms with van der Waals surface area (Å²) in [6, 6.07) is 8.32. The van der Waals surface area contributed by atoms with E-state index in [1.54, 1.807) is 35.1 Å².